The minimum absolute atomic E-state index is 0.175. The van der Waals surface area contributed by atoms with Gasteiger partial charge in [-0.25, -0.2) is 0 Å². The van der Waals surface area contributed by atoms with E-state index in [1.807, 2.05) is 6.92 Å². The van der Waals surface area contributed by atoms with Crippen LogP contribution in [0.4, 0.5) is 0 Å². The Morgan fingerprint density at radius 1 is 1.40 bits per heavy atom. The fourth-order valence-electron chi connectivity index (χ4n) is 1.69. The molecule has 0 aromatic heterocycles. The smallest absolute Gasteiger partial charge is 0.0569 e. The Bertz CT molecular complexity index is 103. The van der Waals surface area contributed by atoms with Gasteiger partial charge >= 0.3 is 0 Å². The van der Waals surface area contributed by atoms with Crippen LogP contribution in [0.2, 0.25) is 0 Å². The molecule has 1 saturated carbocycles. The minimum Gasteiger partial charge on any atom is -0.396 e. The molecule has 0 spiro atoms. The number of hydrogen-bond acceptors (Lipinski definition) is 2. The van der Waals surface area contributed by atoms with E-state index in [2.05, 4.69) is 0 Å². The van der Waals surface area contributed by atoms with Crippen molar-refractivity contribution in [1.82, 2.24) is 0 Å². The normalized spacial score (nSPS) is 41.7. The first-order valence-corrected chi connectivity index (χ1v) is 4.04. The molecule has 1 aliphatic rings. The summed E-state index contributed by atoms with van der Waals surface area (Å²) < 4.78 is 0. The van der Waals surface area contributed by atoms with Crippen molar-refractivity contribution >= 4 is 0 Å². The van der Waals surface area contributed by atoms with E-state index in [1.165, 1.54) is 0 Å². The molecule has 3 atom stereocenters. The topological polar surface area (TPSA) is 40.5 Å². The van der Waals surface area contributed by atoms with Gasteiger partial charge in [-0.3, -0.25) is 0 Å². The molecule has 1 rings (SSSR count). The summed E-state index contributed by atoms with van der Waals surface area (Å²) in [4.78, 5) is 0. The zero-order chi connectivity index (χ0) is 7.56. The van der Waals surface area contributed by atoms with Crippen LogP contribution < -0.4 is 0 Å². The van der Waals surface area contributed by atoms with Crippen molar-refractivity contribution in [3.8, 4) is 0 Å². The molecule has 0 radical (unpaired) electrons. The Morgan fingerprint density at radius 3 is 2.60 bits per heavy atom. The molecule has 1 fully saturated rings. The molecule has 0 aromatic carbocycles. The summed E-state index contributed by atoms with van der Waals surface area (Å²) in [5.41, 5.74) is 0. The number of hydrogen-bond donors (Lipinski definition) is 2. The molecule has 0 aliphatic heterocycles. The Morgan fingerprint density at radius 2 is 2.10 bits per heavy atom. The maximum absolute atomic E-state index is 9.37. The molecule has 0 aromatic rings. The van der Waals surface area contributed by atoms with Crippen molar-refractivity contribution in [2.24, 2.45) is 11.8 Å². The van der Waals surface area contributed by atoms with E-state index in [0.717, 1.165) is 19.3 Å². The third kappa shape index (κ3) is 1.50. The van der Waals surface area contributed by atoms with Gasteiger partial charge in [-0.1, -0.05) is 13.3 Å². The largest absolute Gasteiger partial charge is 0.396 e. The molecule has 0 heterocycles. The second-order valence-electron chi connectivity index (χ2n) is 3.30. The van der Waals surface area contributed by atoms with E-state index in [-0.39, 0.29) is 12.7 Å². The van der Waals surface area contributed by atoms with Gasteiger partial charge in [0.15, 0.2) is 0 Å². The van der Waals surface area contributed by atoms with E-state index < -0.39 is 0 Å². The molecule has 2 heteroatoms. The third-order valence-corrected chi connectivity index (χ3v) is 2.66. The number of aliphatic hydroxyl groups excluding tert-OH is 2. The van der Waals surface area contributed by atoms with Gasteiger partial charge in [-0.15, -0.1) is 0 Å². The van der Waals surface area contributed by atoms with Crippen molar-refractivity contribution < 1.29 is 10.2 Å². The number of aliphatic hydroxyl groups is 2. The van der Waals surface area contributed by atoms with Crippen LogP contribution in [-0.2, 0) is 0 Å². The minimum atomic E-state index is -0.175. The van der Waals surface area contributed by atoms with Crippen molar-refractivity contribution in [3.63, 3.8) is 0 Å². The number of rotatable bonds is 1. The van der Waals surface area contributed by atoms with E-state index in [4.69, 9.17) is 5.11 Å². The first-order valence-electron chi connectivity index (χ1n) is 4.04. The maximum Gasteiger partial charge on any atom is 0.0569 e. The lowest BCUT2D eigenvalue weighted by Crippen LogP contribution is -2.31. The average molecular weight is 144 g/mol. The van der Waals surface area contributed by atoms with Gasteiger partial charge in [0, 0.05) is 6.61 Å². The molecule has 2 nitrogen and oxygen atoms in total. The molecule has 0 bridgehead atoms. The predicted octanol–water partition coefficient (Wildman–Crippen LogP) is 0.776. The van der Waals surface area contributed by atoms with E-state index in [1.54, 1.807) is 0 Å². The standard InChI is InChI=1S/C8H16O2/c1-6-7(5-9)3-2-4-8(6)10/h6-10H,2-5H2,1H3. The summed E-state index contributed by atoms with van der Waals surface area (Å²) in [6.07, 6.45) is 2.88. The molecule has 1 aliphatic carbocycles. The lowest BCUT2D eigenvalue weighted by atomic mass is 9.79. The van der Waals surface area contributed by atoms with Crippen LogP contribution in [0.5, 0.6) is 0 Å². The summed E-state index contributed by atoms with van der Waals surface area (Å²) in [6.45, 7) is 2.25. The van der Waals surface area contributed by atoms with Crippen LogP contribution in [-0.4, -0.2) is 22.9 Å². The van der Waals surface area contributed by atoms with Crippen LogP contribution in [0, 0.1) is 11.8 Å². The zero-order valence-electron chi connectivity index (χ0n) is 6.45. The van der Waals surface area contributed by atoms with Crippen molar-refractivity contribution in [1.29, 1.82) is 0 Å². The Balaban J connectivity index is 2.42. The van der Waals surface area contributed by atoms with Crippen LogP contribution in [0.25, 0.3) is 0 Å². The SMILES string of the molecule is CC1C(O)CCCC1CO. The van der Waals surface area contributed by atoms with Gasteiger partial charge in [-0.2, -0.15) is 0 Å². The summed E-state index contributed by atoms with van der Waals surface area (Å²) >= 11 is 0. The van der Waals surface area contributed by atoms with E-state index in [9.17, 15) is 5.11 Å². The lowest BCUT2D eigenvalue weighted by Gasteiger charge is -2.31. The van der Waals surface area contributed by atoms with Crippen LogP contribution in [0.1, 0.15) is 26.2 Å². The zero-order valence-corrected chi connectivity index (χ0v) is 6.45. The first kappa shape index (κ1) is 8.02. The Kier molecular flexibility index (Phi) is 2.69. The molecule has 10 heavy (non-hydrogen) atoms. The average Bonchev–Trinajstić information content (AvgIpc) is 1.95. The van der Waals surface area contributed by atoms with E-state index in [0.29, 0.717) is 11.8 Å². The predicted molar refractivity (Wildman–Crippen MR) is 39.6 cm³/mol. The van der Waals surface area contributed by atoms with Gasteiger partial charge in [0.1, 0.15) is 0 Å². The van der Waals surface area contributed by atoms with Crippen molar-refractivity contribution in [3.05, 3.63) is 0 Å². The molecule has 3 unspecified atom stereocenters. The summed E-state index contributed by atoms with van der Waals surface area (Å²) in [5.74, 6) is 0.627. The molecule has 0 saturated heterocycles. The highest BCUT2D eigenvalue weighted by molar-refractivity contribution is 4.77. The molecule has 0 amide bonds. The highest BCUT2D eigenvalue weighted by atomic mass is 16.3. The lowest BCUT2D eigenvalue weighted by molar-refractivity contribution is 0.0202. The molecular formula is C8H16O2. The van der Waals surface area contributed by atoms with Gasteiger partial charge in [0.2, 0.25) is 0 Å². The Hall–Kier alpha value is -0.0800. The first-order chi connectivity index (χ1) is 4.75. The second kappa shape index (κ2) is 3.35. The molecular weight excluding hydrogens is 128 g/mol. The van der Waals surface area contributed by atoms with Crippen LogP contribution in [0.3, 0.4) is 0 Å². The monoisotopic (exact) mass is 144 g/mol. The van der Waals surface area contributed by atoms with E-state index >= 15 is 0 Å². The molecule has 60 valence electrons. The fraction of sp³-hybridized carbons (Fsp3) is 1.00. The van der Waals surface area contributed by atoms with Gasteiger partial charge < -0.3 is 10.2 Å². The van der Waals surface area contributed by atoms with Crippen molar-refractivity contribution in [2.45, 2.75) is 32.3 Å². The molecule has 2 N–H and O–H groups in total. The van der Waals surface area contributed by atoms with Gasteiger partial charge in [-0.05, 0) is 24.7 Å². The fourth-order valence-corrected chi connectivity index (χ4v) is 1.69. The summed E-state index contributed by atoms with van der Waals surface area (Å²) in [7, 11) is 0. The van der Waals surface area contributed by atoms with Gasteiger partial charge in [0.05, 0.1) is 6.10 Å². The third-order valence-electron chi connectivity index (χ3n) is 2.66. The highest BCUT2D eigenvalue weighted by Crippen LogP contribution is 2.29. The maximum atomic E-state index is 9.37. The highest BCUT2D eigenvalue weighted by Gasteiger charge is 2.27. The summed E-state index contributed by atoms with van der Waals surface area (Å²) in [5, 5.41) is 18.2. The van der Waals surface area contributed by atoms with Crippen LogP contribution >= 0.6 is 0 Å². The van der Waals surface area contributed by atoms with Crippen LogP contribution in [0.15, 0.2) is 0 Å². The van der Waals surface area contributed by atoms with Crippen molar-refractivity contribution in [2.75, 3.05) is 6.61 Å². The Labute approximate surface area is 61.9 Å². The second-order valence-corrected chi connectivity index (χ2v) is 3.30. The summed E-state index contributed by atoms with van der Waals surface area (Å²) in [6, 6.07) is 0. The quantitative estimate of drug-likeness (QED) is 0.571. The van der Waals surface area contributed by atoms with Gasteiger partial charge in [0.25, 0.3) is 0 Å².